The molecule has 3 aromatic carbocycles. The fraction of sp³-hybridized carbons (Fsp3) is 0.200. The van der Waals surface area contributed by atoms with E-state index in [1.165, 1.54) is 39.7 Å². The fourth-order valence-corrected chi connectivity index (χ4v) is 4.68. The summed E-state index contributed by atoms with van der Waals surface area (Å²) >= 11 is 0. The van der Waals surface area contributed by atoms with Gasteiger partial charge in [-0.1, -0.05) is 36.4 Å². The van der Waals surface area contributed by atoms with Crippen molar-refractivity contribution >= 4 is 22.1 Å². The van der Waals surface area contributed by atoms with Crippen LogP contribution >= 0.6 is 0 Å². The van der Waals surface area contributed by atoms with Gasteiger partial charge in [0.1, 0.15) is 5.75 Å². The number of hydrogen-bond donors (Lipinski definition) is 1. The van der Waals surface area contributed by atoms with Gasteiger partial charge in [0.25, 0.3) is 5.91 Å². The van der Waals surface area contributed by atoms with E-state index in [2.05, 4.69) is 10.5 Å². The van der Waals surface area contributed by atoms with Crippen molar-refractivity contribution < 1.29 is 27.4 Å². The third-order valence-corrected chi connectivity index (χ3v) is 6.85. The lowest BCUT2D eigenvalue weighted by atomic mass is 10.2. The molecule has 10 heteroatoms. The SMILES string of the molecule is COc1ccc(S(=O)(=O)N(CC(=O)N/N=C\c2cccc(OC)c2OC)Cc2ccccc2)cc1. The van der Waals surface area contributed by atoms with E-state index in [-0.39, 0.29) is 11.4 Å². The Kier molecular flexibility index (Phi) is 8.82. The fourth-order valence-electron chi connectivity index (χ4n) is 3.29. The number of rotatable bonds is 11. The number of ether oxygens (including phenoxy) is 3. The average molecular weight is 498 g/mol. The predicted octanol–water partition coefficient (Wildman–Crippen LogP) is 3.05. The Morgan fingerprint density at radius 2 is 1.63 bits per heavy atom. The third-order valence-electron chi connectivity index (χ3n) is 5.05. The van der Waals surface area contributed by atoms with Gasteiger partial charge in [-0.3, -0.25) is 4.79 Å². The lowest BCUT2D eigenvalue weighted by Crippen LogP contribution is -2.39. The van der Waals surface area contributed by atoms with E-state index in [0.717, 1.165) is 9.87 Å². The first kappa shape index (κ1) is 25.7. The second-order valence-electron chi connectivity index (χ2n) is 7.31. The van der Waals surface area contributed by atoms with Gasteiger partial charge in [0, 0.05) is 12.1 Å². The summed E-state index contributed by atoms with van der Waals surface area (Å²) in [6.45, 7) is -0.425. The van der Waals surface area contributed by atoms with Crippen LogP contribution in [0.25, 0.3) is 0 Å². The number of sulfonamides is 1. The molecule has 0 saturated carbocycles. The quantitative estimate of drug-likeness (QED) is 0.322. The summed E-state index contributed by atoms with van der Waals surface area (Å²) in [5, 5.41) is 3.97. The van der Waals surface area contributed by atoms with E-state index in [1.807, 2.05) is 6.07 Å². The zero-order valence-corrected chi connectivity index (χ0v) is 20.5. The Labute approximate surface area is 205 Å². The van der Waals surface area contributed by atoms with E-state index < -0.39 is 22.5 Å². The predicted molar refractivity (Wildman–Crippen MR) is 132 cm³/mol. The largest absolute Gasteiger partial charge is 0.497 e. The standard InChI is InChI=1S/C25H27N3O6S/c1-32-21-12-14-22(15-13-21)35(30,31)28(17-19-8-5-4-6-9-19)18-24(29)27-26-16-20-10-7-11-23(33-2)25(20)34-3/h4-16H,17-18H2,1-3H3,(H,27,29)/b26-16-. The van der Waals surface area contributed by atoms with Gasteiger partial charge in [0.15, 0.2) is 11.5 Å². The van der Waals surface area contributed by atoms with Crippen LogP contribution in [0.1, 0.15) is 11.1 Å². The highest BCUT2D eigenvalue weighted by Crippen LogP contribution is 2.29. The van der Waals surface area contributed by atoms with E-state index >= 15 is 0 Å². The topological polar surface area (TPSA) is 107 Å². The van der Waals surface area contributed by atoms with Gasteiger partial charge in [-0.25, -0.2) is 13.8 Å². The van der Waals surface area contributed by atoms with Crippen LogP contribution in [0.5, 0.6) is 17.2 Å². The van der Waals surface area contributed by atoms with Gasteiger partial charge in [0.2, 0.25) is 10.0 Å². The molecule has 0 unspecified atom stereocenters. The van der Waals surface area contributed by atoms with Crippen LogP contribution < -0.4 is 19.6 Å². The van der Waals surface area contributed by atoms with Crippen molar-refractivity contribution in [1.29, 1.82) is 0 Å². The molecular formula is C25H27N3O6S. The maximum Gasteiger partial charge on any atom is 0.255 e. The summed E-state index contributed by atoms with van der Waals surface area (Å²) in [6.07, 6.45) is 1.40. The molecule has 0 aliphatic rings. The molecule has 0 saturated heterocycles. The van der Waals surface area contributed by atoms with Crippen molar-refractivity contribution in [3.05, 3.63) is 83.9 Å². The molecular weight excluding hydrogens is 470 g/mol. The number of carbonyl (C=O) groups excluding carboxylic acids is 1. The minimum atomic E-state index is -3.99. The summed E-state index contributed by atoms with van der Waals surface area (Å²) < 4.78 is 43.5. The minimum Gasteiger partial charge on any atom is -0.497 e. The van der Waals surface area contributed by atoms with E-state index in [9.17, 15) is 13.2 Å². The van der Waals surface area contributed by atoms with Crippen LogP contribution in [-0.2, 0) is 21.4 Å². The molecule has 3 aromatic rings. The second kappa shape index (κ2) is 12.0. The second-order valence-corrected chi connectivity index (χ2v) is 9.25. The van der Waals surface area contributed by atoms with Gasteiger partial charge in [-0.2, -0.15) is 9.41 Å². The van der Waals surface area contributed by atoms with Crippen LogP contribution in [-0.4, -0.2) is 52.7 Å². The molecule has 1 amide bonds. The molecule has 0 aliphatic heterocycles. The molecule has 0 spiro atoms. The highest BCUT2D eigenvalue weighted by atomic mass is 32.2. The summed E-state index contributed by atoms with van der Waals surface area (Å²) in [5.41, 5.74) is 3.71. The first-order chi connectivity index (χ1) is 16.9. The van der Waals surface area contributed by atoms with Gasteiger partial charge in [-0.05, 0) is 42.0 Å². The van der Waals surface area contributed by atoms with Crippen molar-refractivity contribution in [3.63, 3.8) is 0 Å². The van der Waals surface area contributed by atoms with Crippen LogP contribution in [0, 0.1) is 0 Å². The highest BCUT2D eigenvalue weighted by Gasteiger charge is 2.27. The first-order valence-electron chi connectivity index (χ1n) is 10.6. The number of amides is 1. The summed E-state index contributed by atoms with van der Waals surface area (Å²) in [4.78, 5) is 12.7. The van der Waals surface area contributed by atoms with Gasteiger partial charge in [-0.15, -0.1) is 0 Å². The number of hydrazone groups is 1. The van der Waals surface area contributed by atoms with Crippen molar-refractivity contribution in [3.8, 4) is 17.2 Å². The Balaban J connectivity index is 1.79. The monoisotopic (exact) mass is 497 g/mol. The molecule has 0 heterocycles. The van der Waals surface area contributed by atoms with Crippen LogP contribution in [0.15, 0.2) is 82.8 Å². The van der Waals surface area contributed by atoms with E-state index in [4.69, 9.17) is 14.2 Å². The Bertz CT molecular complexity index is 1260. The smallest absolute Gasteiger partial charge is 0.255 e. The minimum absolute atomic E-state index is 0.00996. The van der Waals surface area contributed by atoms with Crippen LogP contribution in [0.3, 0.4) is 0 Å². The molecule has 0 aromatic heterocycles. The normalized spacial score (nSPS) is 11.4. The van der Waals surface area contributed by atoms with Crippen LogP contribution in [0.2, 0.25) is 0 Å². The molecule has 1 N–H and O–H groups in total. The number of hydrogen-bond acceptors (Lipinski definition) is 7. The van der Waals surface area contributed by atoms with Crippen molar-refractivity contribution in [1.82, 2.24) is 9.73 Å². The molecule has 9 nitrogen and oxygen atoms in total. The zero-order chi connectivity index (χ0) is 25.3. The lowest BCUT2D eigenvalue weighted by Gasteiger charge is -2.21. The molecule has 0 aliphatic carbocycles. The number of carbonyl (C=O) groups is 1. The maximum absolute atomic E-state index is 13.4. The zero-order valence-electron chi connectivity index (χ0n) is 19.7. The van der Waals surface area contributed by atoms with E-state index in [0.29, 0.717) is 22.8 Å². The molecule has 184 valence electrons. The Morgan fingerprint density at radius 3 is 2.26 bits per heavy atom. The number of para-hydroxylation sites is 1. The molecule has 0 bridgehead atoms. The summed E-state index contributed by atoms with van der Waals surface area (Å²) in [6, 6.07) is 20.3. The molecule has 35 heavy (non-hydrogen) atoms. The van der Waals surface area contributed by atoms with Crippen LogP contribution in [0.4, 0.5) is 0 Å². The number of nitrogens with one attached hydrogen (secondary N) is 1. The maximum atomic E-state index is 13.4. The lowest BCUT2D eigenvalue weighted by molar-refractivity contribution is -0.121. The molecule has 0 radical (unpaired) electrons. The average Bonchev–Trinajstić information content (AvgIpc) is 2.88. The molecule has 0 fully saturated rings. The Hall–Kier alpha value is -3.89. The van der Waals surface area contributed by atoms with Crippen molar-refractivity contribution in [2.24, 2.45) is 5.10 Å². The number of nitrogens with zero attached hydrogens (tertiary/aromatic N) is 2. The molecule has 0 atom stereocenters. The highest BCUT2D eigenvalue weighted by molar-refractivity contribution is 7.89. The number of methoxy groups -OCH3 is 3. The van der Waals surface area contributed by atoms with E-state index in [1.54, 1.807) is 54.6 Å². The summed E-state index contributed by atoms with van der Waals surface area (Å²) in [7, 11) is 0.528. The van der Waals surface area contributed by atoms with Crippen molar-refractivity contribution in [2.75, 3.05) is 27.9 Å². The third kappa shape index (κ3) is 6.58. The van der Waals surface area contributed by atoms with Gasteiger partial charge in [0.05, 0.1) is 39.0 Å². The first-order valence-corrected chi connectivity index (χ1v) is 12.0. The Morgan fingerprint density at radius 1 is 0.914 bits per heavy atom. The summed E-state index contributed by atoms with van der Waals surface area (Å²) in [5.74, 6) is 0.901. The van der Waals surface area contributed by atoms with Gasteiger partial charge >= 0.3 is 0 Å². The number of benzene rings is 3. The van der Waals surface area contributed by atoms with Gasteiger partial charge < -0.3 is 14.2 Å². The molecule has 3 rings (SSSR count). The van der Waals surface area contributed by atoms with Crippen molar-refractivity contribution in [2.45, 2.75) is 11.4 Å².